The summed E-state index contributed by atoms with van der Waals surface area (Å²) in [5.41, 5.74) is 15.2. The molecule has 13 aromatic rings. The van der Waals surface area contributed by atoms with E-state index >= 15 is 0 Å². The van der Waals surface area contributed by atoms with E-state index in [4.69, 9.17) is 0 Å². The maximum Gasteiger partial charge on any atom is 0.0548 e. The molecule has 0 N–H and O–H groups in total. The van der Waals surface area contributed by atoms with Crippen molar-refractivity contribution >= 4 is 92.2 Å². The number of anilines is 3. The molecule has 0 saturated carbocycles. The lowest BCUT2D eigenvalue weighted by molar-refractivity contribution is 1.17. The van der Waals surface area contributed by atoms with E-state index < -0.39 is 0 Å². The molecule has 0 radical (unpaired) electrons. The molecule has 13 rings (SSSR count). The fourth-order valence-corrected chi connectivity index (χ4v) is 11.2. The topological polar surface area (TPSA) is 13.1 Å². The summed E-state index contributed by atoms with van der Waals surface area (Å²) in [6.45, 7) is 0. The lowest BCUT2D eigenvalue weighted by atomic mass is 10.0. The van der Waals surface area contributed by atoms with Gasteiger partial charge in [-0.2, -0.15) is 0 Å². The molecule has 3 aromatic heterocycles. The summed E-state index contributed by atoms with van der Waals surface area (Å²) < 4.78 is 7.49. The van der Waals surface area contributed by atoms with Crippen LogP contribution in [0.4, 0.5) is 17.1 Å². The van der Waals surface area contributed by atoms with Crippen molar-refractivity contribution in [3.8, 4) is 33.6 Å². The van der Waals surface area contributed by atoms with Crippen molar-refractivity contribution in [1.82, 2.24) is 9.13 Å². The maximum atomic E-state index is 2.44. The van der Waals surface area contributed by atoms with Gasteiger partial charge in [0.05, 0.1) is 22.1 Å². The summed E-state index contributed by atoms with van der Waals surface area (Å²) in [6.07, 6.45) is 0. The number of benzene rings is 10. The van der Waals surface area contributed by atoms with Crippen molar-refractivity contribution in [1.29, 1.82) is 0 Å². The minimum Gasteiger partial charge on any atom is -0.311 e. The van der Waals surface area contributed by atoms with Gasteiger partial charge in [0.2, 0.25) is 0 Å². The molecule has 300 valence electrons. The van der Waals surface area contributed by atoms with Gasteiger partial charge < -0.3 is 14.0 Å². The molecule has 0 bridgehead atoms. The first-order valence-corrected chi connectivity index (χ1v) is 22.7. The van der Waals surface area contributed by atoms with Crippen molar-refractivity contribution in [2.45, 2.75) is 0 Å². The Morgan fingerprint density at radius 3 is 1.36 bits per heavy atom. The highest BCUT2D eigenvalue weighted by atomic mass is 32.1. The predicted octanol–water partition coefficient (Wildman–Crippen LogP) is 17.1. The number of hydrogen-bond acceptors (Lipinski definition) is 2. The normalized spacial score (nSPS) is 11.8. The van der Waals surface area contributed by atoms with Gasteiger partial charge in [-0.15, -0.1) is 11.3 Å². The minimum absolute atomic E-state index is 1.09. The van der Waals surface area contributed by atoms with Crippen LogP contribution in [-0.4, -0.2) is 9.13 Å². The molecule has 0 unspecified atom stereocenters. The fraction of sp³-hybridized carbons (Fsp3) is 0. The molecule has 0 saturated heterocycles. The van der Waals surface area contributed by atoms with Gasteiger partial charge in [0.15, 0.2) is 0 Å². The van der Waals surface area contributed by atoms with Gasteiger partial charge in [-0.05, 0) is 113 Å². The first-order chi connectivity index (χ1) is 31.7. The Bertz CT molecular complexity index is 3860. The zero-order chi connectivity index (χ0) is 42.1. The van der Waals surface area contributed by atoms with E-state index in [0.717, 1.165) is 28.4 Å². The lowest BCUT2D eigenvalue weighted by Gasteiger charge is -2.26. The largest absolute Gasteiger partial charge is 0.311 e. The Morgan fingerprint density at radius 1 is 0.297 bits per heavy atom. The Kier molecular flexibility index (Phi) is 8.40. The maximum absolute atomic E-state index is 2.44. The summed E-state index contributed by atoms with van der Waals surface area (Å²) in [4.78, 5) is 2.37. The molecule has 0 aliphatic rings. The third-order valence-electron chi connectivity index (χ3n) is 12.9. The number of nitrogens with zero attached hydrogens (tertiary/aromatic N) is 3. The molecular weight excluding hydrogens is 795 g/mol. The standard InChI is InChI=1S/C60H39N3S/c1-3-14-40(15-4-1)41-26-30-44(31-27-41)61(45-32-28-42(29-33-45)48-21-13-22-52-51-20-9-12-25-59(51)64-60(48)52)46-34-36-47(37-35-46)63-56-24-11-8-19-50(56)54-38-57-53(39-58(54)63)49-18-7-10-23-55(49)62(57)43-16-5-2-6-17-43/h1-39H. The molecule has 0 atom stereocenters. The van der Waals surface area contributed by atoms with Crippen LogP contribution in [0.15, 0.2) is 237 Å². The predicted molar refractivity (Wildman–Crippen MR) is 274 cm³/mol. The highest BCUT2D eigenvalue weighted by Crippen LogP contribution is 2.43. The van der Waals surface area contributed by atoms with Crippen LogP contribution in [0.25, 0.3) is 97.4 Å². The molecule has 0 fully saturated rings. The molecule has 0 aliphatic carbocycles. The van der Waals surface area contributed by atoms with Gasteiger partial charge in [-0.3, -0.25) is 0 Å². The first-order valence-electron chi connectivity index (χ1n) is 21.8. The van der Waals surface area contributed by atoms with Crippen LogP contribution >= 0.6 is 11.3 Å². The number of hydrogen-bond donors (Lipinski definition) is 0. The van der Waals surface area contributed by atoms with E-state index in [1.54, 1.807) is 0 Å². The second-order valence-corrected chi connectivity index (χ2v) is 17.6. The number of para-hydroxylation sites is 3. The van der Waals surface area contributed by atoms with Gasteiger partial charge >= 0.3 is 0 Å². The van der Waals surface area contributed by atoms with Gasteiger partial charge in [-0.1, -0.05) is 146 Å². The Labute approximate surface area is 374 Å². The van der Waals surface area contributed by atoms with Crippen molar-refractivity contribution in [3.05, 3.63) is 237 Å². The third-order valence-corrected chi connectivity index (χ3v) is 14.1. The number of fused-ring (bicyclic) bond motifs is 9. The monoisotopic (exact) mass is 833 g/mol. The quantitative estimate of drug-likeness (QED) is 0.156. The average molecular weight is 834 g/mol. The molecule has 3 heterocycles. The van der Waals surface area contributed by atoms with Crippen LogP contribution < -0.4 is 4.90 Å². The van der Waals surface area contributed by atoms with E-state index in [-0.39, 0.29) is 0 Å². The number of thiophene rings is 1. The Hall–Kier alpha value is -8.18. The summed E-state index contributed by atoms with van der Waals surface area (Å²) in [7, 11) is 0. The number of rotatable bonds is 7. The van der Waals surface area contributed by atoms with E-state index in [1.165, 1.54) is 86.0 Å². The van der Waals surface area contributed by atoms with E-state index in [2.05, 4.69) is 251 Å². The van der Waals surface area contributed by atoms with Crippen molar-refractivity contribution in [3.63, 3.8) is 0 Å². The van der Waals surface area contributed by atoms with Crippen LogP contribution in [0.2, 0.25) is 0 Å². The first kappa shape index (κ1) is 36.5. The van der Waals surface area contributed by atoms with Crippen LogP contribution in [0.5, 0.6) is 0 Å². The van der Waals surface area contributed by atoms with Crippen molar-refractivity contribution in [2.24, 2.45) is 0 Å². The van der Waals surface area contributed by atoms with Crippen LogP contribution in [-0.2, 0) is 0 Å². The fourth-order valence-electron chi connectivity index (χ4n) is 9.96. The van der Waals surface area contributed by atoms with Crippen molar-refractivity contribution in [2.75, 3.05) is 4.90 Å². The zero-order valence-corrected chi connectivity index (χ0v) is 35.6. The summed E-state index contributed by atoms with van der Waals surface area (Å²) in [5, 5.41) is 7.59. The van der Waals surface area contributed by atoms with Gasteiger partial charge in [0.1, 0.15) is 0 Å². The van der Waals surface area contributed by atoms with Crippen LogP contribution in [0.3, 0.4) is 0 Å². The molecule has 0 aliphatic heterocycles. The Morgan fingerprint density at radius 2 is 0.750 bits per heavy atom. The van der Waals surface area contributed by atoms with Gasteiger partial charge in [-0.25, -0.2) is 0 Å². The average Bonchev–Trinajstić information content (AvgIpc) is 4.02. The summed E-state index contributed by atoms with van der Waals surface area (Å²) in [5.74, 6) is 0. The van der Waals surface area contributed by atoms with Crippen molar-refractivity contribution < 1.29 is 0 Å². The molecule has 10 aromatic carbocycles. The SMILES string of the molecule is c1ccc(-c2ccc(N(c3ccc(-c4cccc5c4sc4ccccc45)cc3)c3ccc(-n4c5ccccc5c5cc6c(cc54)c4ccccc4n6-c4ccccc4)cc3)cc2)cc1. The second-order valence-electron chi connectivity index (χ2n) is 16.5. The highest BCUT2D eigenvalue weighted by Gasteiger charge is 2.20. The van der Waals surface area contributed by atoms with Crippen LogP contribution in [0, 0.1) is 0 Å². The van der Waals surface area contributed by atoms with Crippen LogP contribution in [0.1, 0.15) is 0 Å². The molecular formula is C60H39N3S. The Balaban J connectivity index is 0.943. The van der Waals surface area contributed by atoms with Gasteiger partial charge in [0.25, 0.3) is 0 Å². The minimum atomic E-state index is 1.09. The zero-order valence-electron chi connectivity index (χ0n) is 34.8. The van der Waals surface area contributed by atoms with E-state index in [1.807, 2.05) is 11.3 Å². The molecule has 3 nitrogen and oxygen atoms in total. The van der Waals surface area contributed by atoms with E-state index in [0.29, 0.717) is 0 Å². The molecule has 64 heavy (non-hydrogen) atoms. The lowest BCUT2D eigenvalue weighted by Crippen LogP contribution is -2.10. The summed E-state index contributed by atoms with van der Waals surface area (Å²) >= 11 is 1.88. The third kappa shape index (κ3) is 5.81. The van der Waals surface area contributed by atoms with Gasteiger partial charge in [0, 0.05) is 70.2 Å². The smallest absolute Gasteiger partial charge is 0.0548 e. The molecule has 4 heteroatoms. The molecule has 0 spiro atoms. The highest BCUT2D eigenvalue weighted by molar-refractivity contribution is 7.26. The second kappa shape index (κ2) is 14.7. The number of aromatic nitrogens is 2. The summed E-state index contributed by atoms with van der Waals surface area (Å²) in [6, 6.07) is 86.3. The van der Waals surface area contributed by atoms with E-state index in [9.17, 15) is 0 Å². The molecule has 0 amide bonds.